The van der Waals surface area contributed by atoms with Crippen LogP contribution in [0.5, 0.6) is 11.6 Å². The normalized spacial score (nSPS) is 9.68. The summed E-state index contributed by atoms with van der Waals surface area (Å²) in [7, 11) is 0. The highest BCUT2D eigenvalue weighted by Gasteiger charge is 2.19. The van der Waals surface area contributed by atoms with Crippen LogP contribution in [0, 0.1) is 28.4 Å². The highest BCUT2D eigenvalue weighted by Crippen LogP contribution is 2.34. The summed E-state index contributed by atoms with van der Waals surface area (Å²) in [5.41, 5.74) is 0.360. The van der Waals surface area contributed by atoms with Crippen LogP contribution >= 0.6 is 0 Å². The molecule has 19 heavy (non-hydrogen) atoms. The zero-order chi connectivity index (χ0) is 13.8. The standard InChI is InChI=1S/C12H8N4O3/c1-8-3-2-4-10(16(17)18)11(8)19-12-9(7-13)14-5-6-15-12/h2-6H,1H3. The van der Waals surface area contributed by atoms with Crippen LogP contribution < -0.4 is 4.74 Å². The van der Waals surface area contributed by atoms with E-state index in [2.05, 4.69) is 9.97 Å². The van der Waals surface area contributed by atoms with Crippen molar-refractivity contribution in [2.45, 2.75) is 6.92 Å². The van der Waals surface area contributed by atoms with Gasteiger partial charge in [-0.25, -0.2) is 9.97 Å². The largest absolute Gasteiger partial charge is 0.429 e. The van der Waals surface area contributed by atoms with Gasteiger partial charge in [0, 0.05) is 18.5 Å². The van der Waals surface area contributed by atoms with Crippen LogP contribution in [-0.2, 0) is 0 Å². The first kappa shape index (κ1) is 12.4. The van der Waals surface area contributed by atoms with E-state index in [9.17, 15) is 10.1 Å². The monoisotopic (exact) mass is 256 g/mol. The number of benzene rings is 1. The van der Waals surface area contributed by atoms with Gasteiger partial charge >= 0.3 is 5.69 Å². The molecule has 94 valence electrons. The van der Waals surface area contributed by atoms with Gasteiger partial charge in [-0.05, 0) is 12.5 Å². The van der Waals surface area contributed by atoms with Crippen molar-refractivity contribution in [2.75, 3.05) is 0 Å². The minimum atomic E-state index is -0.551. The Morgan fingerprint density at radius 3 is 2.79 bits per heavy atom. The van der Waals surface area contributed by atoms with E-state index in [-0.39, 0.29) is 23.0 Å². The number of ether oxygens (including phenoxy) is 1. The SMILES string of the molecule is Cc1cccc([N+](=O)[O-])c1Oc1nccnc1C#N. The molecule has 1 aromatic carbocycles. The number of aromatic nitrogens is 2. The Labute approximate surface area is 108 Å². The molecular formula is C12H8N4O3. The molecule has 1 heterocycles. The summed E-state index contributed by atoms with van der Waals surface area (Å²) in [6.07, 6.45) is 2.69. The quantitative estimate of drug-likeness (QED) is 0.617. The molecule has 0 radical (unpaired) electrons. The highest BCUT2D eigenvalue weighted by molar-refractivity contribution is 5.53. The highest BCUT2D eigenvalue weighted by atomic mass is 16.6. The Morgan fingerprint density at radius 2 is 2.11 bits per heavy atom. The fourth-order valence-electron chi connectivity index (χ4n) is 1.49. The van der Waals surface area contributed by atoms with Gasteiger partial charge < -0.3 is 4.74 Å². The number of nitro benzene ring substituents is 1. The van der Waals surface area contributed by atoms with Crippen LogP contribution in [0.1, 0.15) is 11.3 Å². The Bertz CT molecular complexity index is 679. The Hall–Kier alpha value is -3.01. The van der Waals surface area contributed by atoms with Crippen LogP contribution in [-0.4, -0.2) is 14.9 Å². The lowest BCUT2D eigenvalue weighted by atomic mass is 10.2. The molecule has 0 atom stereocenters. The summed E-state index contributed by atoms with van der Waals surface area (Å²) >= 11 is 0. The van der Waals surface area contributed by atoms with E-state index in [1.165, 1.54) is 18.5 Å². The number of nitrogens with zero attached hydrogens (tertiary/aromatic N) is 4. The van der Waals surface area contributed by atoms with Crippen LogP contribution in [0.15, 0.2) is 30.6 Å². The average molecular weight is 256 g/mol. The van der Waals surface area contributed by atoms with Gasteiger partial charge in [0.15, 0.2) is 0 Å². The van der Waals surface area contributed by atoms with Crippen molar-refractivity contribution in [3.63, 3.8) is 0 Å². The molecule has 0 amide bonds. The lowest BCUT2D eigenvalue weighted by Gasteiger charge is -2.08. The number of aryl methyl sites for hydroxylation is 1. The summed E-state index contributed by atoms with van der Waals surface area (Å²) in [5, 5.41) is 19.8. The van der Waals surface area contributed by atoms with Crippen molar-refractivity contribution in [1.29, 1.82) is 5.26 Å². The summed E-state index contributed by atoms with van der Waals surface area (Å²) in [6, 6.07) is 6.37. The summed E-state index contributed by atoms with van der Waals surface area (Å²) in [5.74, 6) is 0.00639. The lowest BCUT2D eigenvalue weighted by Crippen LogP contribution is -1.99. The smallest absolute Gasteiger partial charge is 0.311 e. The van der Waals surface area contributed by atoms with E-state index in [4.69, 9.17) is 10.00 Å². The topological polar surface area (TPSA) is 102 Å². The maximum atomic E-state index is 10.9. The molecule has 0 unspecified atom stereocenters. The molecule has 0 aliphatic carbocycles. The van der Waals surface area contributed by atoms with Gasteiger partial charge in [-0.3, -0.25) is 10.1 Å². The minimum absolute atomic E-state index is 0.0277. The molecule has 0 saturated heterocycles. The average Bonchev–Trinajstić information content (AvgIpc) is 2.41. The van der Waals surface area contributed by atoms with Crippen LogP contribution in [0.25, 0.3) is 0 Å². The summed E-state index contributed by atoms with van der Waals surface area (Å²) < 4.78 is 5.39. The third-order valence-corrected chi connectivity index (χ3v) is 2.36. The van der Waals surface area contributed by atoms with Crippen molar-refractivity contribution in [3.05, 3.63) is 52.0 Å². The molecule has 2 rings (SSSR count). The van der Waals surface area contributed by atoms with Crippen LogP contribution in [0.2, 0.25) is 0 Å². The van der Waals surface area contributed by atoms with E-state index in [1.54, 1.807) is 19.1 Å². The zero-order valence-corrected chi connectivity index (χ0v) is 9.90. The van der Waals surface area contributed by atoms with Gasteiger partial charge in [0.2, 0.25) is 11.4 Å². The predicted molar refractivity (Wildman–Crippen MR) is 64.7 cm³/mol. The first-order chi connectivity index (χ1) is 9.13. The fraction of sp³-hybridized carbons (Fsp3) is 0.0833. The molecule has 0 aliphatic heterocycles. The van der Waals surface area contributed by atoms with Gasteiger partial charge in [-0.1, -0.05) is 12.1 Å². The van der Waals surface area contributed by atoms with E-state index in [0.717, 1.165) is 0 Å². The molecule has 2 aromatic rings. The zero-order valence-electron chi connectivity index (χ0n) is 9.90. The third kappa shape index (κ3) is 2.47. The predicted octanol–water partition coefficient (Wildman–Crippen LogP) is 2.36. The van der Waals surface area contributed by atoms with Crippen molar-refractivity contribution >= 4 is 5.69 Å². The first-order valence-corrected chi connectivity index (χ1v) is 5.26. The van der Waals surface area contributed by atoms with Crippen molar-refractivity contribution in [3.8, 4) is 17.7 Å². The van der Waals surface area contributed by atoms with E-state index in [1.807, 2.05) is 6.07 Å². The van der Waals surface area contributed by atoms with Gasteiger partial charge in [-0.15, -0.1) is 0 Å². The first-order valence-electron chi connectivity index (χ1n) is 5.26. The molecule has 0 spiro atoms. The molecule has 0 saturated carbocycles. The third-order valence-electron chi connectivity index (χ3n) is 2.36. The molecule has 0 fully saturated rings. The maximum Gasteiger partial charge on any atom is 0.311 e. The number of nitriles is 1. The van der Waals surface area contributed by atoms with Gasteiger partial charge in [-0.2, -0.15) is 5.26 Å². The molecule has 0 N–H and O–H groups in total. The van der Waals surface area contributed by atoms with Crippen molar-refractivity contribution < 1.29 is 9.66 Å². The molecule has 7 nitrogen and oxygen atoms in total. The minimum Gasteiger partial charge on any atom is -0.429 e. The lowest BCUT2D eigenvalue weighted by molar-refractivity contribution is -0.385. The second-order valence-corrected chi connectivity index (χ2v) is 3.60. The second kappa shape index (κ2) is 5.10. The van der Waals surface area contributed by atoms with Gasteiger partial charge in [0.1, 0.15) is 6.07 Å². The molecular weight excluding hydrogens is 248 g/mol. The Morgan fingerprint density at radius 1 is 1.37 bits per heavy atom. The second-order valence-electron chi connectivity index (χ2n) is 3.60. The van der Waals surface area contributed by atoms with E-state index >= 15 is 0 Å². The molecule has 0 bridgehead atoms. The number of rotatable bonds is 3. The fourth-order valence-corrected chi connectivity index (χ4v) is 1.49. The maximum absolute atomic E-state index is 10.9. The Balaban J connectivity index is 2.50. The number of hydrogen-bond acceptors (Lipinski definition) is 6. The van der Waals surface area contributed by atoms with Crippen LogP contribution in [0.3, 0.4) is 0 Å². The van der Waals surface area contributed by atoms with E-state index < -0.39 is 4.92 Å². The summed E-state index contributed by atoms with van der Waals surface area (Å²) in [4.78, 5) is 18.0. The van der Waals surface area contributed by atoms with Gasteiger partial charge in [0.05, 0.1) is 4.92 Å². The molecule has 1 aromatic heterocycles. The van der Waals surface area contributed by atoms with Gasteiger partial charge in [0.25, 0.3) is 5.88 Å². The van der Waals surface area contributed by atoms with Crippen molar-refractivity contribution in [1.82, 2.24) is 9.97 Å². The van der Waals surface area contributed by atoms with E-state index in [0.29, 0.717) is 5.56 Å². The molecule has 0 aliphatic rings. The van der Waals surface area contributed by atoms with Crippen molar-refractivity contribution in [2.24, 2.45) is 0 Å². The van der Waals surface area contributed by atoms with Crippen LogP contribution in [0.4, 0.5) is 5.69 Å². The Kier molecular flexibility index (Phi) is 3.34. The number of para-hydroxylation sites is 1. The molecule has 7 heteroatoms. The summed E-state index contributed by atoms with van der Waals surface area (Å²) in [6.45, 7) is 1.67. The number of hydrogen-bond donors (Lipinski definition) is 0. The number of nitro groups is 1.